The SMILES string of the molecule is Cc1ccccc1S(=O)(=O)Nc1ccc(C2(C(=O)NCc3ccccc3)CC2)cc1. The van der Waals surface area contributed by atoms with E-state index in [0.29, 0.717) is 17.8 Å². The number of amides is 1. The number of aryl methyl sites for hydroxylation is 1. The van der Waals surface area contributed by atoms with Crippen LogP contribution in [0.2, 0.25) is 0 Å². The summed E-state index contributed by atoms with van der Waals surface area (Å²) in [5.74, 6) is 0.0135. The molecule has 1 amide bonds. The number of hydrogen-bond donors (Lipinski definition) is 2. The summed E-state index contributed by atoms with van der Waals surface area (Å²) in [5.41, 5.74) is 2.62. The van der Waals surface area contributed by atoms with Gasteiger partial charge < -0.3 is 5.32 Å². The number of anilines is 1. The lowest BCUT2D eigenvalue weighted by molar-refractivity contribution is -0.123. The highest BCUT2D eigenvalue weighted by atomic mass is 32.2. The maximum Gasteiger partial charge on any atom is 0.262 e. The minimum Gasteiger partial charge on any atom is -0.351 e. The van der Waals surface area contributed by atoms with E-state index >= 15 is 0 Å². The second-order valence-corrected chi connectivity index (χ2v) is 9.35. The zero-order chi connectivity index (χ0) is 21.2. The first-order chi connectivity index (χ1) is 14.4. The van der Waals surface area contributed by atoms with Gasteiger partial charge in [0.1, 0.15) is 0 Å². The predicted octanol–water partition coefficient (Wildman–Crippen LogP) is 4.14. The Bertz CT molecular complexity index is 1150. The van der Waals surface area contributed by atoms with Gasteiger partial charge >= 0.3 is 0 Å². The lowest BCUT2D eigenvalue weighted by Gasteiger charge is -2.17. The standard InChI is InChI=1S/C24H24N2O3S/c1-18-7-5-6-10-22(18)30(28,29)26-21-13-11-20(12-14-21)24(15-16-24)23(27)25-17-19-8-3-2-4-9-19/h2-14,26H,15-17H2,1H3,(H,25,27). The van der Waals surface area contributed by atoms with Crippen LogP contribution in [-0.2, 0) is 26.8 Å². The summed E-state index contributed by atoms with van der Waals surface area (Å²) < 4.78 is 28.0. The molecule has 6 heteroatoms. The van der Waals surface area contributed by atoms with Crippen molar-refractivity contribution in [1.82, 2.24) is 5.32 Å². The summed E-state index contributed by atoms with van der Waals surface area (Å²) >= 11 is 0. The molecule has 2 N–H and O–H groups in total. The average Bonchev–Trinajstić information content (AvgIpc) is 3.55. The lowest BCUT2D eigenvalue weighted by Crippen LogP contribution is -2.34. The van der Waals surface area contributed by atoms with Crippen LogP contribution in [0.1, 0.15) is 29.5 Å². The smallest absolute Gasteiger partial charge is 0.262 e. The van der Waals surface area contributed by atoms with Crippen molar-refractivity contribution in [2.75, 3.05) is 4.72 Å². The number of hydrogen-bond acceptors (Lipinski definition) is 3. The van der Waals surface area contributed by atoms with Crippen LogP contribution in [0.4, 0.5) is 5.69 Å². The largest absolute Gasteiger partial charge is 0.351 e. The summed E-state index contributed by atoms with van der Waals surface area (Å²) in [4.78, 5) is 13.1. The highest BCUT2D eigenvalue weighted by molar-refractivity contribution is 7.92. The van der Waals surface area contributed by atoms with Gasteiger partial charge in [0, 0.05) is 12.2 Å². The molecule has 1 aliphatic rings. The van der Waals surface area contributed by atoms with E-state index in [-0.39, 0.29) is 10.8 Å². The minimum atomic E-state index is -3.66. The monoisotopic (exact) mass is 420 g/mol. The van der Waals surface area contributed by atoms with E-state index in [1.54, 1.807) is 43.3 Å². The van der Waals surface area contributed by atoms with Crippen molar-refractivity contribution in [3.8, 4) is 0 Å². The molecule has 154 valence electrons. The van der Waals surface area contributed by atoms with Crippen LogP contribution in [0.15, 0.2) is 83.8 Å². The molecule has 0 radical (unpaired) electrons. The summed E-state index contributed by atoms with van der Waals surface area (Å²) in [6.45, 7) is 2.26. The van der Waals surface area contributed by atoms with E-state index in [0.717, 1.165) is 24.0 Å². The fraction of sp³-hybridized carbons (Fsp3) is 0.208. The van der Waals surface area contributed by atoms with Gasteiger partial charge in [-0.05, 0) is 54.7 Å². The van der Waals surface area contributed by atoms with Gasteiger partial charge in [0.05, 0.1) is 10.3 Å². The summed E-state index contributed by atoms with van der Waals surface area (Å²) in [7, 11) is -3.66. The number of carbonyl (C=O) groups excluding carboxylic acids is 1. The maximum absolute atomic E-state index is 12.8. The molecule has 0 aromatic heterocycles. The summed E-state index contributed by atoms with van der Waals surface area (Å²) in [6.07, 6.45) is 1.59. The number of carbonyl (C=O) groups is 1. The molecule has 0 bridgehead atoms. The molecule has 0 saturated heterocycles. The zero-order valence-electron chi connectivity index (χ0n) is 16.8. The molecule has 5 nitrogen and oxygen atoms in total. The van der Waals surface area contributed by atoms with Gasteiger partial charge in [-0.15, -0.1) is 0 Å². The second-order valence-electron chi connectivity index (χ2n) is 7.70. The van der Waals surface area contributed by atoms with Crippen molar-refractivity contribution >= 4 is 21.6 Å². The molecule has 3 aromatic carbocycles. The van der Waals surface area contributed by atoms with E-state index in [4.69, 9.17) is 0 Å². The van der Waals surface area contributed by atoms with Crippen LogP contribution in [0, 0.1) is 6.92 Å². The minimum absolute atomic E-state index is 0.0135. The normalized spacial score (nSPS) is 14.7. The van der Waals surface area contributed by atoms with E-state index in [9.17, 15) is 13.2 Å². The third kappa shape index (κ3) is 4.09. The fourth-order valence-electron chi connectivity index (χ4n) is 3.64. The molecule has 1 aliphatic carbocycles. The molecule has 0 spiro atoms. The van der Waals surface area contributed by atoms with Gasteiger partial charge in [0.25, 0.3) is 10.0 Å². The zero-order valence-corrected chi connectivity index (χ0v) is 17.6. The third-order valence-electron chi connectivity index (χ3n) is 5.55. The molecule has 1 saturated carbocycles. The first kappa shape index (κ1) is 20.2. The van der Waals surface area contributed by atoms with Crippen LogP contribution < -0.4 is 10.0 Å². The molecule has 1 fully saturated rings. The second kappa shape index (κ2) is 7.95. The molecule has 0 unspecified atom stereocenters. The Labute approximate surface area is 177 Å². The number of sulfonamides is 1. The number of nitrogens with one attached hydrogen (secondary N) is 2. The number of benzene rings is 3. The molecular weight excluding hydrogens is 396 g/mol. The Morgan fingerprint density at radius 3 is 2.17 bits per heavy atom. The van der Waals surface area contributed by atoms with Crippen molar-refractivity contribution in [3.63, 3.8) is 0 Å². The van der Waals surface area contributed by atoms with Gasteiger partial charge in [0.2, 0.25) is 5.91 Å². The Morgan fingerprint density at radius 2 is 1.53 bits per heavy atom. The van der Waals surface area contributed by atoms with Gasteiger partial charge in [-0.25, -0.2) is 8.42 Å². The van der Waals surface area contributed by atoms with Crippen molar-refractivity contribution in [1.29, 1.82) is 0 Å². The average molecular weight is 421 g/mol. The van der Waals surface area contributed by atoms with Gasteiger partial charge in [0.15, 0.2) is 0 Å². The van der Waals surface area contributed by atoms with Crippen molar-refractivity contribution in [2.24, 2.45) is 0 Å². The van der Waals surface area contributed by atoms with Crippen LogP contribution >= 0.6 is 0 Å². The van der Waals surface area contributed by atoms with Crippen LogP contribution in [0.25, 0.3) is 0 Å². The van der Waals surface area contributed by atoms with Crippen LogP contribution in [-0.4, -0.2) is 14.3 Å². The quantitative estimate of drug-likeness (QED) is 0.603. The third-order valence-corrected chi connectivity index (χ3v) is 7.09. The van der Waals surface area contributed by atoms with E-state index in [2.05, 4.69) is 10.0 Å². The van der Waals surface area contributed by atoms with Crippen LogP contribution in [0.3, 0.4) is 0 Å². The fourth-order valence-corrected chi connectivity index (χ4v) is 4.95. The Kier molecular flexibility index (Phi) is 5.35. The number of rotatable bonds is 7. The molecule has 30 heavy (non-hydrogen) atoms. The lowest BCUT2D eigenvalue weighted by atomic mass is 9.94. The molecule has 0 atom stereocenters. The van der Waals surface area contributed by atoms with Gasteiger partial charge in [-0.1, -0.05) is 60.7 Å². The summed E-state index contributed by atoms with van der Waals surface area (Å²) in [5, 5.41) is 3.03. The Morgan fingerprint density at radius 1 is 0.900 bits per heavy atom. The molecule has 3 aromatic rings. The molecule has 0 heterocycles. The Balaban J connectivity index is 1.45. The van der Waals surface area contributed by atoms with Crippen molar-refractivity contribution < 1.29 is 13.2 Å². The van der Waals surface area contributed by atoms with Gasteiger partial charge in [-0.3, -0.25) is 9.52 Å². The maximum atomic E-state index is 12.8. The molecular formula is C24H24N2O3S. The van der Waals surface area contributed by atoms with E-state index < -0.39 is 15.4 Å². The van der Waals surface area contributed by atoms with E-state index in [1.807, 2.05) is 42.5 Å². The molecule has 0 aliphatic heterocycles. The first-order valence-electron chi connectivity index (χ1n) is 9.92. The van der Waals surface area contributed by atoms with Crippen LogP contribution in [0.5, 0.6) is 0 Å². The van der Waals surface area contributed by atoms with Gasteiger partial charge in [-0.2, -0.15) is 0 Å². The molecule has 4 rings (SSSR count). The predicted molar refractivity (Wildman–Crippen MR) is 118 cm³/mol. The first-order valence-corrected chi connectivity index (χ1v) is 11.4. The summed E-state index contributed by atoms with van der Waals surface area (Å²) in [6, 6.07) is 23.8. The van der Waals surface area contributed by atoms with Crippen molar-refractivity contribution in [2.45, 2.75) is 36.6 Å². The topological polar surface area (TPSA) is 75.3 Å². The Hall–Kier alpha value is -3.12. The van der Waals surface area contributed by atoms with Crippen molar-refractivity contribution in [3.05, 3.63) is 95.6 Å². The highest BCUT2D eigenvalue weighted by Crippen LogP contribution is 2.48. The highest BCUT2D eigenvalue weighted by Gasteiger charge is 2.51. The van der Waals surface area contributed by atoms with E-state index in [1.165, 1.54) is 0 Å².